The molecule has 1 aromatic heterocycles. The van der Waals surface area contributed by atoms with Crippen molar-refractivity contribution in [3.8, 4) is 11.6 Å². The van der Waals surface area contributed by atoms with Crippen molar-refractivity contribution in [2.75, 3.05) is 11.9 Å². The molecule has 25 heavy (non-hydrogen) atoms. The molecule has 1 N–H and O–H groups in total. The lowest BCUT2D eigenvalue weighted by molar-refractivity contribution is -0.139. The number of rotatable bonds is 7. The third kappa shape index (κ3) is 5.23. The van der Waals surface area contributed by atoms with Crippen LogP contribution in [0.15, 0.2) is 30.5 Å². The van der Waals surface area contributed by atoms with Gasteiger partial charge in [-0.25, -0.2) is 4.98 Å². The summed E-state index contributed by atoms with van der Waals surface area (Å²) in [5, 5.41) is 2.86. The molecule has 5 nitrogen and oxygen atoms in total. The first-order chi connectivity index (χ1) is 11.8. The molecule has 0 fully saturated rings. The molecule has 2 rings (SSSR count). The van der Waals surface area contributed by atoms with Gasteiger partial charge in [0.05, 0.1) is 12.7 Å². The largest absolute Gasteiger partial charge is 0.494 e. The summed E-state index contributed by atoms with van der Waals surface area (Å²) in [6.07, 6.45) is -3.69. The number of nitrogens with zero attached hydrogens (tertiary/aromatic N) is 2. The SMILES string of the molecule is CCOc1ccc(Nc2ncc(C(F)(F)F)c(OC(C)CC)n2)cc1. The van der Waals surface area contributed by atoms with Gasteiger partial charge in [-0.15, -0.1) is 0 Å². The Kier molecular flexibility index (Phi) is 6.06. The second kappa shape index (κ2) is 8.04. The van der Waals surface area contributed by atoms with Crippen molar-refractivity contribution in [2.24, 2.45) is 0 Å². The summed E-state index contributed by atoms with van der Waals surface area (Å²) in [7, 11) is 0. The Morgan fingerprint density at radius 3 is 2.40 bits per heavy atom. The number of nitrogens with one attached hydrogen (secondary N) is 1. The van der Waals surface area contributed by atoms with E-state index in [4.69, 9.17) is 9.47 Å². The van der Waals surface area contributed by atoms with E-state index in [0.29, 0.717) is 24.5 Å². The highest BCUT2D eigenvalue weighted by Crippen LogP contribution is 2.35. The number of halogens is 3. The summed E-state index contributed by atoms with van der Waals surface area (Å²) in [5.74, 6) is 0.239. The van der Waals surface area contributed by atoms with Crippen molar-refractivity contribution >= 4 is 11.6 Å². The van der Waals surface area contributed by atoms with Crippen LogP contribution in [0.1, 0.15) is 32.8 Å². The number of alkyl halides is 3. The molecule has 0 aliphatic heterocycles. The van der Waals surface area contributed by atoms with Crippen LogP contribution in [-0.2, 0) is 6.18 Å². The second-order valence-corrected chi connectivity index (χ2v) is 5.33. The normalized spacial score (nSPS) is 12.6. The zero-order chi connectivity index (χ0) is 18.4. The van der Waals surface area contributed by atoms with E-state index in [1.165, 1.54) is 0 Å². The van der Waals surface area contributed by atoms with Crippen LogP contribution in [0.5, 0.6) is 11.6 Å². The van der Waals surface area contributed by atoms with Gasteiger partial charge in [-0.1, -0.05) is 6.92 Å². The lowest BCUT2D eigenvalue weighted by Crippen LogP contribution is -2.17. The average Bonchev–Trinajstić information content (AvgIpc) is 2.56. The molecule has 1 aromatic carbocycles. The minimum absolute atomic E-state index is 0.0236. The fourth-order valence-corrected chi connectivity index (χ4v) is 1.91. The van der Waals surface area contributed by atoms with Gasteiger partial charge in [0.1, 0.15) is 11.3 Å². The molecule has 0 aliphatic rings. The van der Waals surface area contributed by atoms with Crippen molar-refractivity contribution in [3.05, 3.63) is 36.0 Å². The van der Waals surface area contributed by atoms with E-state index in [-0.39, 0.29) is 5.95 Å². The van der Waals surface area contributed by atoms with Crippen LogP contribution < -0.4 is 14.8 Å². The third-order valence-electron chi connectivity index (χ3n) is 3.37. The maximum absolute atomic E-state index is 13.1. The molecule has 0 saturated carbocycles. The van der Waals surface area contributed by atoms with Crippen molar-refractivity contribution in [3.63, 3.8) is 0 Å². The van der Waals surface area contributed by atoms with Gasteiger partial charge >= 0.3 is 6.18 Å². The Hall–Kier alpha value is -2.51. The molecule has 0 aliphatic carbocycles. The fourth-order valence-electron chi connectivity index (χ4n) is 1.91. The molecule has 1 heterocycles. The number of aromatic nitrogens is 2. The summed E-state index contributed by atoms with van der Waals surface area (Å²) in [5.41, 5.74) is -0.372. The molecule has 1 atom stereocenters. The van der Waals surface area contributed by atoms with Crippen molar-refractivity contribution < 1.29 is 22.6 Å². The smallest absolute Gasteiger partial charge is 0.423 e. The lowest BCUT2D eigenvalue weighted by Gasteiger charge is -2.17. The maximum Gasteiger partial charge on any atom is 0.423 e. The molecule has 8 heteroatoms. The summed E-state index contributed by atoms with van der Waals surface area (Å²) < 4.78 is 49.9. The first-order valence-corrected chi connectivity index (χ1v) is 7.94. The van der Waals surface area contributed by atoms with Gasteiger partial charge in [-0.2, -0.15) is 18.2 Å². The first-order valence-electron chi connectivity index (χ1n) is 7.94. The molecular formula is C17H20F3N3O2. The fraction of sp³-hybridized carbons (Fsp3) is 0.412. The minimum atomic E-state index is -4.58. The molecule has 0 spiro atoms. The van der Waals surface area contributed by atoms with Gasteiger partial charge in [-0.05, 0) is 44.5 Å². The van der Waals surface area contributed by atoms with E-state index < -0.39 is 23.7 Å². The molecule has 2 aromatic rings. The predicted molar refractivity (Wildman–Crippen MR) is 88.3 cm³/mol. The quantitative estimate of drug-likeness (QED) is 0.772. The Morgan fingerprint density at radius 2 is 1.84 bits per heavy atom. The number of anilines is 2. The molecule has 136 valence electrons. The van der Waals surface area contributed by atoms with Crippen LogP contribution in [-0.4, -0.2) is 22.7 Å². The Morgan fingerprint density at radius 1 is 1.16 bits per heavy atom. The summed E-state index contributed by atoms with van der Waals surface area (Å²) in [4.78, 5) is 7.62. The number of hydrogen-bond donors (Lipinski definition) is 1. The summed E-state index contributed by atoms with van der Waals surface area (Å²) >= 11 is 0. The summed E-state index contributed by atoms with van der Waals surface area (Å²) in [6, 6.07) is 6.93. The molecule has 0 bridgehead atoms. The van der Waals surface area contributed by atoms with E-state index in [1.807, 2.05) is 13.8 Å². The summed E-state index contributed by atoms with van der Waals surface area (Å²) in [6.45, 7) is 5.92. The zero-order valence-electron chi connectivity index (χ0n) is 14.2. The van der Waals surface area contributed by atoms with Crippen molar-refractivity contribution in [1.82, 2.24) is 9.97 Å². The third-order valence-corrected chi connectivity index (χ3v) is 3.37. The minimum Gasteiger partial charge on any atom is -0.494 e. The second-order valence-electron chi connectivity index (χ2n) is 5.33. The van der Waals surface area contributed by atoms with Crippen LogP contribution >= 0.6 is 0 Å². The highest BCUT2D eigenvalue weighted by Gasteiger charge is 2.36. The molecule has 0 saturated heterocycles. The van der Waals surface area contributed by atoms with E-state index in [9.17, 15) is 13.2 Å². The van der Waals surface area contributed by atoms with Crippen LogP contribution in [0.3, 0.4) is 0 Å². The van der Waals surface area contributed by atoms with Crippen LogP contribution in [0.25, 0.3) is 0 Å². The van der Waals surface area contributed by atoms with Gasteiger partial charge in [-0.3, -0.25) is 0 Å². The van der Waals surface area contributed by atoms with Crippen molar-refractivity contribution in [2.45, 2.75) is 39.5 Å². The highest BCUT2D eigenvalue weighted by molar-refractivity contribution is 5.55. The van der Waals surface area contributed by atoms with Crippen LogP contribution in [0.2, 0.25) is 0 Å². The Labute approximate surface area is 144 Å². The topological polar surface area (TPSA) is 56.3 Å². The maximum atomic E-state index is 13.1. The van der Waals surface area contributed by atoms with E-state index in [1.54, 1.807) is 31.2 Å². The Bertz CT molecular complexity index is 691. The van der Waals surface area contributed by atoms with Crippen molar-refractivity contribution in [1.29, 1.82) is 0 Å². The van der Waals surface area contributed by atoms with E-state index >= 15 is 0 Å². The van der Waals surface area contributed by atoms with Gasteiger partial charge in [0.25, 0.3) is 0 Å². The molecule has 0 radical (unpaired) electrons. The lowest BCUT2D eigenvalue weighted by atomic mass is 10.3. The number of benzene rings is 1. The van der Waals surface area contributed by atoms with Gasteiger partial charge in [0.2, 0.25) is 11.8 Å². The predicted octanol–water partition coefficient (Wildman–Crippen LogP) is 4.82. The van der Waals surface area contributed by atoms with Gasteiger partial charge in [0, 0.05) is 11.9 Å². The molecular weight excluding hydrogens is 335 g/mol. The van der Waals surface area contributed by atoms with Crippen LogP contribution in [0, 0.1) is 0 Å². The number of ether oxygens (including phenoxy) is 2. The standard InChI is InChI=1S/C17H20F3N3O2/c1-4-11(3)25-15-14(17(18,19)20)10-21-16(23-15)22-12-6-8-13(9-7-12)24-5-2/h6-11H,4-5H2,1-3H3,(H,21,22,23). The van der Waals surface area contributed by atoms with E-state index in [2.05, 4.69) is 15.3 Å². The van der Waals surface area contributed by atoms with Gasteiger partial charge in [0.15, 0.2) is 0 Å². The van der Waals surface area contributed by atoms with Gasteiger partial charge < -0.3 is 14.8 Å². The zero-order valence-corrected chi connectivity index (χ0v) is 14.2. The number of hydrogen-bond acceptors (Lipinski definition) is 5. The Balaban J connectivity index is 2.24. The first kappa shape index (κ1) is 18.8. The molecule has 1 unspecified atom stereocenters. The van der Waals surface area contributed by atoms with Crippen LogP contribution in [0.4, 0.5) is 24.8 Å². The highest BCUT2D eigenvalue weighted by atomic mass is 19.4. The monoisotopic (exact) mass is 355 g/mol. The van der Waals surface area contributed by atoms with E-state index in [0.717, 1.165) is 6.20 Å². The molecule has 0 amide bonds. The average molecular weight is 355 g/mol.